The minimum atomic E-state index is -0.664. The van der Waals surface area contributed by atoms with Gasteiger partial charge in [0.25, 0.3) is 0 Å². The van der Waals surface area contributed by atoms with Gasteiger partial charge in [-0.05, 0) is 151 Å². The third-order valence-corrected chi connectivity index (χ3v) is 17.0. The van der Waals surface area contributed by atoms with E-state index in [1.54, 1.807) is 0 Å². The average molecular weight is 945 g/mol. The van der Waals surface area contributed by atoms with Crippen LogP contribution in [0.4, 0.5) is 17.1 Å². The Bertz CT molecular complexity index is 4340. The molecule has 74 heavy (non-hydrogen) atoms. The summed E-state index contributed by atoms with van der Waals surface area (Å²) in [6, 6.07) is 92.1. The van der Waals surface area contributed by atoms with Crippen LogP contribution in [-0.2, 0) is 10.8 Å². The molecular weight excluding hydrogens is 893 g/mol. The number of aromatic nitrogens is 1. The highest BCUT2D eigenvalue weighted by Gasteiger charge is 2.48. The first kappa shape index (κ1) is 42.7. The molecule has 1 aromatic heterocycles. The largest absolute Gasteiger partial charge is 0.310 e. The maximum atomic E-state index is 2.54. The average Bonchev–Trinajstić information content (AvgIpc) is 4.13. The van der Waals surface area contributed by atoms with Crippen molar-refractivity contribution >= 4 is 71.2 Å². The summed E-state index contributed by atoms with van der Waals surface area (Å²) in [6.07, 6.45) is 0. The third kappa shape index (κ3) is 5.88. The Morgan fingerprint density at radius 3 is 1.38 bits per heavy atom. The van der Waals surface area contributed by atoms with E-state index in [9.17, 15) is 0 Å². The molecule has 2 nitrogen and oxygen atoms in total. The van der Waals surface area contributed by atoms with Crippen LogP contribution >= 0.6 is 0 Å². The van der Waals surface area contributed by atoms with E-state index in [-0.39, 0.29) is 5.41 Å². The second-order valence-corrected chi connectivity index (χ2v) is 21.3. The molecule has 0 amide bonds. The normalized spacial score (nSPS) is 13.9. The highest BCUT2D eigenvalue weighted by molar-refractivity contribution is 6.26. The Kier molecular flexibility index (Phi) is 9.09. The highest BCUT2D eigenvalue weighted by Crippen LogP contribution is 2.60. The van der Waals surface area contributed by atoms with Crippen LogP contribution in [0.5, 0.6) is 0 Å². The van der Waals surface area contributed by atoms with Crippen LogP contribution in [0.3, 0.4) is 0 Å². The van der Waals surface area contributed by atoms with Crippen molar-refractivity contribution in [1.29, 1.82) is 0 Å². The molecule has 0 aliphatic heterocycles. The smallest absolute Gasteiger partial charge is 0.0715 e. The van der Waals surface area contributed by atoms with Gasteiger partial charge in [0.15, 0.2) is 0 Å². The number of rotatable bonds is 6. The topological polar surface area (TPSA) is 8.17 Å². The van der Waals surface area contributed by atoms with Crippen molar-refractivity contribution in [3.8, 4) is 27.9 Å². The Hall–Kier alpha value is -8.98. The molecule has 2 aliphatic rings. The second-order valence-electron chi connectivity index (χ2n) is 21.3. The van der Waals surface area contributed by atoms with Crippen molar-refractivity contribution in [1.82, 2.24) is 4.57 Å². The number of para-hydroxylation sites is 2. The van der Waals surface area contributed by atoms with Crippen LogP contribution in [-0.4, -0.2) is 4.57 Å². The zero-order valence-electron chi connectivity index (χ0n) is 42.0. The summed E-state index contributed by atoms with van der Waals surface area (Å²) in [7, 11) is 0. The fraction of sp³-hybridized carbons (Fsp3) is 0.0833. The summed E-state index contributed by atoms with van der Waals surface area (Å²) in [5.74, 6) is 0. The first-order valence-corrected chi connectivity index (χ1v) is 26.1. The third-order valence-electron chi connectivity index (χ3n) is 17.0. The Balaban J connectivity index is 1.05. The van der Waals surface area contributed by atoms with Crippen LogP contribution in [0.15, 0.2) is 243 Å². The molecule has 1 heterocycles. The lowest BCUT2D eigenvalue weighted by molar-refractivity contribution is 0.660. The van der Waals surface area contributed by atoms with Gasteiger partial charge in [0.1, 0.15) is 0 Å². The van der Waals surface area contributed by atoms with Crippen LogP contribution in [0.2, 0.25) is 0 Å². The summed E-state index contributed by atoms with van der Waals surface area (Å²) in [5.41, 5.74) is 21.5. The number of nitrogens with zero attached hydrogens (tertiary/aromatic N) is 2. The molecule has 0 N–H and O–H groups in total. The van der Waals surface area contributed by atoms with Crippen molar-refractivity contribution < 1.29 is 0 Å². The number of fused-ring (bicyclic) bond motifs is 15. The maximum absolute atomic E-state index is 2.54. The molecule has 0 atom stereocenters. The monoisotopic (exact) mass is 944 g/mol. The van der Waals surface area contributed by atoms with E-state index < -0.39 is 5.41 Å². The molecule has 0 saturated heterocycles. The number of hydrogen-bond donors (Lipinski definition) is 0. The number of aryl methyl sites for hydroxylation is 2. The standard InChI is InChI=1S/C72H52N2/c1-45-28-32-47(33-29-45)72(48-34-30-46(2)31-35-48)64-24-15-27-69(74-67-25-13-10-21-59(67)60-22-11-14-26-68(60)74)70(64)61-41-38-51(44-66(61)72)73(50-37-40-58-57-20-9-12-23-63(57)71(3,4)65(58)43-50)49-36-39-56-54-18-6-5-16-52(54)53-17-7-8-19-55(53)62(56)42-49/h5-44H,1-4H3. The summed E-state index contributed by atoms with van der Waals surface area (Å²) < 4.78 is 2.52. The van der Waals surface area contributed by atoms with E-state index in [1.165, 1.54) is 127 Å². The van der Waals surface area contributed by atoms with Crippen LogP contribution < -0.4 is 4.90 Å². The van der Waals surface area contributed by atoms with E-state index >= 15 is 0 Å². The number of hydrogen-bond acceptors (Lipinski definition) is 1. The number of benzene rings is 12. The second kappa shape index (κ2) is 15.8. The molecule has 12 aromatic carbocycles. The van der Waals surface area contributed by atoms with E-state index in [2.05, 4.69) is 280 Å². The van der Waals surface area contributed by atoms with Crippen molar-refractivity contribution in [3.63, 3.8) is 0 Å². The number of anilines is 3. The molecule has 0 saturated carbocycles. The Morgan fingerprint density at radius 2 is 0.770 bits per heavy atom. The maximum Gasteiger partial charge on any atom is 0.0715 e. The SMILES string of the molecule is Cc1ccc(C2(c3ccc(C)cc3)c3cc(N(c4ccc5c(c4)C(C)(C)c4ccccc4-5)c4ccc5c6ccccc6c6ccccc6c5c4)ccc3-c3c(-n4c5ccccc5c5ccccc54)cccc32)cc1. The van der Waals surface area contributed by atoms with Gasteiger partial charge in [-0.2, -0.15) is 0 Å². The van der Waals surface area contributed by atoms with Gasteiger partial charge >= 0.3 is 0 Å². The zero-order valence-corrected chi connectivity index (χ0v) is 42.0. The predicted octanol–water partition coefficient (Wildman–Crippen LogP) is 19.0. The van der Waals surface area contributed by atoms with Gasteiger partial charge in [-0.15, -0.1) is 0 Å². The molecule has 0 bridgehead atoms. The van der Waals surface area contributed by atoms with E-state index in [0.29, 0.717) is 0 Å². The fourth-order valence-corrected chi connectivity index (χ4v) is 13.6. The van der Waals surface area contributed by atoms with Crippen molar-refractivity contribution in [3.05, 3.63) is 287 Å². The zero-order chi connectivity index (χ0) is 49.5. The summed E-state index contributed by atoms with van der Waals surface area (Å²) in [5, 5.41) is 10.1. The Labute approximate surface area is 432 Å². The van der Waals surface area contributed by atoms with E-state index in [1.807, 2.05) is 0 Å². The molecule has 0 spiro atoms. The quantitative estimate of drug-likeness (QED) is 0.151. The molecule has 0 unspecified atom stereocenters. The van der Waals surface area contributed by atoms with Gasteiger partial charge in [0.2, 0.25) is 0 Å². The van der Waals surface area contributed by atoms with Crippen molar-refractivity contribution in [2.45, 2.75) is 38.5 Å². The molecule has 13 aromatic rings. The van der Waals surface area contributed by atoms with Gasteiger partial charge in [0.05, 0.1) is 22.1 Å². The first-order valence-electron chi connectivity index (χ1n) is 26.1. The van der Waals surface area contributed by atoms with Crippen LogP contribution in [0.25, 0.3) is 82.1 Å². The van der Waals surface area contributed by atoms with Crippen LogP contribution in [0, 0.1) is 13.8 Å². The molecule has 0 radical (unpaired) electrons. The predicted molar refractivity (Wildman–Crippen MR) is 312 cm³/mol. The molecular formula is C72H52N2. The van der Waals surface area contributed by atoms with Gasteiger partial charge in [-0.25, -0.2) is 0 Å². The van der Waals surface area contributed by atoms with Gasteiger partial charge in [-0.3, -0.25) is 0 Å². The molecule has 350 valence electrons. The lowest BCUT2D eigenvalue weighted by Gasteiger charge is -2.35. The van der Waals surface area contributed by atoms with E-state index in [4.69, 9.17) is 0 Å². The van der Waals surface area contributed by atoms with Gasteiger partial charge < -0.3 is 9.47 Å². The molecule has 2 heteroatoms. The summed E-state index contributed by atoms with van der Waals surface area (Å²) in [4.78, 5) is 2.54. The first-order chi connectivity index (χ1) is 36.3. The fourth-order valence-electron chi connectivity index (χ4n) is 13.6. The minimum absolute atomic E-state index is 0.180. The van der Waals surface area contributed by atoms with E-state index in [0.717, 1.165) is 17.1 Å². The molecule has 2 aliphatic carbocycles. The summed E-state index contributed by atoms with van der Waals surface area (Å²) in [6.45, 7) is 9.16. The molecule has 15 rings (SSSR count). The lowest BCUT2D eigenvalue weighted by atomic mass is 9.67. The van der Waals surface area contributed by atoms with Crippen LogP contribution in [0.1, 0.15) is 58.4 Å². The highest BCUT2D eigenvalue weighted by atomic mass is 15.1. The lowest BCUT2D eigenvalue weighted by Crippen LogP contribution is -2.29. The van der Waals surface area contributed by atoms with Gasteiger partial charge in [-0.1, -0.05) is 213 Å². The Morgan fingerprint density at radius 1 is 0.324 bits per heavy atom. The van der Waals surface area contributed by atoms with Gasteiger partial charge in [0, 0.05) is 38.8 Å². The molecule has 0 fully saturated rings. The van der Waals surface area contributed by atoms with Crippen molar-refractivity contribution in [2.24, 2.45) is 0 Å². The minimum Gasteiger partial charge on any atom is -0.310 e. The van der Waals surface area contributed by atoms with Crippen molar-refractivity contribution in [2.75, 3.05) is 4.90 Å². The summed E-state index contributed by atoms with van der Waals surface area (Å²) >= 11 is 0.